The highest BCUT2D eigenvalue weighted by Crippen LogP contribution is 2.22. The van der Waals surface area contributed by atoms with Crippen molar-refractivity contribution in [1.29, 1.82) is 0 Å². The molecule has 1 aromatic heterocycles. The van der Waals surface area contributed by atoms with Gasteiger partial charge in [0.25, 0.3) is 0 Å². The molecule has 0 aliphatic carbocycles. The van der Waals surface area contributed by atoms with Crippen molar-refractivity contribution in [2.45, 2.75) is 52.0 Å². The van der Waals surface area contributed by atoms with Crippen LogP contribution < -0.4 is 10.6 Å². The summed E-state index contributed by atoms with van der Waals surface area (Å²) in [4.78, 5) is 7.08. The summed E-state index contributed by atoms with van der Waals surface area (Å²) in [5.41, 5.74) is 8.55. The van der Waals surface area contributed by atoms with Crippen LogP contribution >= 0.6 is 0 Å². The zero-order valence-corrected chi connectivity index (χ0v) is 11.7. The Morgan fingerprint density at radius 1 is 1.33 bits per heavy atom. The SMILES string of the molecule is CCC(N)Cc1cnc(N2CCCCC2)c(C)c1. The second-order valence-corrected chi connectivity index (χ2v) is 5.40. The first-order valence-corrected chi connectivity index (χ1v) is 7.16. The molecule has 1 aliphatic heterocycles. The summed E-state index contributed by atoms with van der Waals surface area (Å²) in [6.07, 6.45) is 7.91. The summed E-state index contributed by atoms with van der Waals surface area (Å²) in [6, 6.07) is 2.51. The average Bonchev–Trinajstić information content (AvgIpc) is 2.40. The molecule has 0 saturated carbocycles. The van der Waals surface area contributed by atoms with Crippen molar-refractivity contribution in [3.8, 4) is 0 Å². The van der Waals surface area contributed by atoms with Crippen LogP contribution in [-0.4, -0.2) is 24.1 Å². The lowest BCUT2D eigenvalue weighted by molar-refractivity contribution is 0.572. The van der Waals surface area contributed by atoms with Crippen LogP contribution in [0, 0.1) is 6.92 Å². The first-order chi connectivity index (χ1) is 8.70. The Morgan fingerprint density at radius 3 is 2.67 bits per heavy atom. The van der Waals surface area contributed by atoms with Gasteiger partial charge < -0.3 is 10.6 Å². The van der Waals surface area contributed by atoms with E-state index in [0.29, 0.717) is 0 Å². The van der Waals surface area contributed by atoms with E-state index in [9.17, 15) is 0 Å². The quantitative estimate of drug-likeness (QED) is 0.889. The first kappa shape index (κ1) is 13.3. The minimum Gasteiger partial charge on any atom is -0.356 e. The van der Waals surface area contributed by atoms with Gasteiger partial charge in [-0.3, -0.25) is 0 Å². The number of rotatable bonds is 4. The molecular weight excluding hydrogens is 222 g/mol. The first-order valence-electron chi connectivity index (χ1n) is 7.16. The highest BCUT2D eigenvalue weighted by atomic mass is 15.2. The molecule has 0 spiro atoms. The van der Waals surface area contributed by atoms with Crippen LogP contribution in [0.4, 0.5) is 5.82 Å². The van der Waals surface area contributed by atoms with Gasteiger partial charge in [-0.1, -0.05) is 13.0 Å². The number of aryl methyl sites for hydroxylation is 1. The summed E-state index contributed by atoms with van der Waals surface area (Å²) >= 11 is 0. The van der Waals surface area contributed by atoms with Gasteiger partial charge in [0.15, 0.2) is 0 Å². The molecule has 0 aromatic carbocycles. The number of piperidine rings is 1. The Labute approximate surface area is 110 Å². The fourth-order valence-corrected chi connectivity index (χ4v) is 2.62. The van der Waals surface area contributed by atoms with E-state index >= 15 is 0 Å². The highest BCUT2D eigenvalue weighted by molar-refractivity contribution is 5.47. The molecule has 2 heterocycles. The van der Waals surface area contributed by atoms with Crippen LogP contribution in [0.15, 0.2) is 12.3 Å². The molecular formula is C15H25N3. The molecule has 100 valence electrons. The molecule has 1 aromatic rings. The third kappa shape index (κ3) is 3.22. The number of nitrogens with zero attached hydrogens (tertiary/aromatic N) is 2. The molecule has 18 heavy (non-hydrogen) atoms. The minimum absolute atomic E-state index is 0.257. The van der Waals surface area contributed by atoms with Crippen molar-refractivity contribution in [3.05, 3.63) is 23.4 Å². The summed E-state index contributed by atoms with van der Waals surface area (Å²) in [6.45, 7) is 6.61. The maximum absolute atomic E-state index is 6.00. The van der Waals surface area contributed by atoms with Crippen LogP contribution in [0.1, 0.15) is 43.7 Å². The Morgan fingerprint density at radius 2 is 2.06 bits per heavy atom. The molecule has 2 N–H and O–H groups in total. The number of hydrogen-bond donors (Lipinski definition) is 1. The Bertz CT molecular complexity index is 383. The summed E-state index contributed by atoms with van der Waals surface area (Å²) in [5, 5.41) is 0. The average molecular weight is 247 g/mol. The summed E-state index contributed by atoms with van der Waals surface area (Å²) in [5.74, 6) is 1.17. The zero-order valence-electron chi connectivity index (χ0n) is 11.7. The minimum atomic E-state index is 0.257. The molecule has 0 bridgehead atoms. The van der Waals surface area contributed by atoms with Gasteiger partial charge >= 0.3 is 0 Å². The van der Waals surface area contributed by atoms with Crippen LogP contribution in [0.25, 0.3) is 0 Å². The number of nitrogens with two attached hydrogens (primary N) is 1. The van der Waals surface area contributed by atoms with Gasteiger partial charge in [0.1, 0.15) is 5.82 Å². The van der Waals surface area contributed by atoms with Crippen LogP contribution in [0.5, 0.6) is 0 Å². The second-order valence-electron chi connectivity index (χ2n) is 5.40. The fourth-order valence-electron chi connectivity index (χ4n) is 2.62. The maximum atomic E-state index is 6.00. The van der Waals surface area contributed by atoms with E-state index in [0.717, 1.165) is 25.9 Å². The van der Waals surface area contributed by atoms with Crippen LogP contribution in [-0.2, 0) is 6.42 Å². The van der Waals surface area contributed by atoms with E-state index in [1.54, 1.807) is 0 Å². The Balaban J connectivity index is 2.09. The number of pyridine rings is 1. The molecule has 1 fully saturated rings. The van der Waals surface area contributed by atoms with Crippen LogP contribution in [0.3, 0.4) is 0 Å². The summed E-state index contributed by atoms with van der Waals surface area (Å²) < 4.78 is 0. The third-order valence-electron chi connectivity index (χ3n) is 3.79. The number of hydrogen-bond acceptors (Lipinski definition) is 3. The standard InChI is InChI=1S/C15H25N3/c1-3-14(16)10-13-9-12(2)15(17-11-13)18-7-5-4-6-8-18/h9,11,14H,3-8,10,16H2,1-2H3. The smallest absolute Gasteiger partial charge is 0.131 e. The van der Waals surface area contributed by atoms with Gasteiger partial charge in [-0.2, -0.15) is 0 Å². The summed E-state index contributed by atoms with van der Waals surface area (Å²) in [7, 11) is 0. The van der Waals surface area contributed by atoms with Gasteiger partial charge in [-0.15, -0.1) is 0 Å². The molecule has 1 saturated heterocycles. The molecule has 3 nitrogen and oxygen atoms in total. The second kappa shape index (κ2) is 6.19. The maximum Gasteiger partial charge on any atom is 0.131 e. The van der Waals surface area contributed by atoms with E-state index in [-0.39, 0.29) is 6.04 Å². The predicted molar refractivity (Wildman–Crippen MR) is 77.0 cm³/mol. The lowest BCUT2D eigenvalue weighted by atomic mass is 10.0. The fraction of sp³-hybridized carbons (Fsp3) is 0.667. The molecule has 1 atom stereocenters. The Hall–Kier alpha value is -1.09. The monoisotopic (exact) mass is 247 g/mol. The van der Waals surface area contributed by atoms with Crippen molar-refractivity contribution in [3.63, 3.8) is 0 Å². The van der Waals surface area contributed by atoms with Gasteiger partial charge in [0.2, 0.25) is 0 Å². The van der Waals surface area contributed by atoms with Crippen molar-refractivity contribution in [1.82, 2.24) is 4.98 Å². The number of anilines is 1. The lowest BCUT2D eigenvalue weighted by Crippen LogP contribution is -2.31. The van der Waals surface area contributed by atoms with Crippen molar-refractivity contribution in [2.24, 2.45) is 5.73 Å². The topological polar surface area (TPSA) is 42.1 Å². The van der Waals surface area contributed by atoms with Crippen LogP contribution in [0.2, 0.25) is 0 Å². The van der Waals surface area contributed by atoms with E-state index < -0.39 is 0 Å². The molecule has 0 amide bonds. The molecule has 2 rings (SSSR count). The van der Waals surface area contributed by atoms with Crippen molar-refractivity contribution < 1.29 is 0 Å². The molecule has 1 aliphatic rings. The van der Waals surface area contributed by atoms with Gasteiger partial charge in [-0.05, 0) is 50.2 Å². The third-order valence-corrected chi connectivity index (χ3v) is 3.79. The van der Waals surface area contributed by atoms with E-state index in [1.807, 2.05) is 6.20 Å². The largest absolute Gasteiger partial charge is 0.356 e. The number of aromatic nitrogens is 1. The Kier molecular flexibility index (Phi) is 4.59. The molecule has 1 unspecified atom stereocenters. The normalized spacial score (nSPS) is 17.8. The van der Waals surface area contributed by atoms with E-state index in [4.69, 9.17) is 5.73 Å². The zero-order chi connectivity index (χ0) is 13.0. The van der Waals surface area contributed by atoms with E-state index in [1.165, 1.54) is 36.2 Å². The predicted octanol–water partition coefficient (Wildman–Crippen LogP) is 2.66. The van der Waals surface area contributed by atoms with Gasteiger partial charge in [0, 0.05) is 25.3 Å². The lowest BCUT2D eigenvalue weighted by Gasteiger charge is -2.29. The van der Waals surface area contributed by atoms with Gasteiger partial charge in [0.05, 0.1) is 0 Å². The molecule has 3 heteroatoms. The van der Waals surface area contributed by atoms with Gasteiger partial charge in [-0.25, -0.2) is 4.98 Å². The highest BCUT2D eigenvalue weighted by Gasteiger charge is 2.14. The van der Waals surface area contributed by atoms with Crippen molar-refractivity contribution in [2.75, 3.05) is 18.0 Å². The van der Waals surface area contributed by atoms with E-state index in [2.05, 4.69) is 29.8 Å². The van der Waals surface area contributed by atoms with Crippen molar-refractivity contribution >= 4 is 5.82 Å². The molecule has 0 radical (unpaired) electrons.